The fraction of sp³-hybridized carbons (Fsp3) is 0.316. The fourth-order valence-corrected chi connectivity index (χ4v) is 2.88. The standard InChI is InChI=1S/C19H21NO5/c1-11-7-12-8-13(9-17(24-4)18(12)25-11)19(21)20-15-6-5-14(22-2)10-16(15)23-3/h5-6,8-11H,7H2,1-4H3,(H,20,21). The molecular weight excluding hydrogens is 322 g/mol. The van der Waals surface area contributed by atoms with Gasteiger partial charge in [-0.25, -0.2) is 0 Å². The number of fused-ring (bicyclic) bond motifs is 1. The van der Waals surface area contributed by atoms with Crippen LogP contribution in [0.2, 0.25) is 0 Å². The summed E-state index contributed by atoms with van der Waals surface area (Å²) in [5.41, 5.74) is 2.04. The summed E-state index contributed by atoms with van der Waals surface area (Å²) in [6.07, 6.45) is 0.822. The molecule has 0 radical (unpaired) electrons. The number of benzene rings is 2. The van der Waals surface area contributed by atoms with Crippen LogP contribution in [0.4, 0.5) is 5.69 Å². The predicted octanol–water partition coefficient (Wildman–Crippen LogP) is 3.29. The summed E-state index contributed by atoms with van der Waals surface area (Å²) in [5.74, 6) is 2.21. The van der Waals surface area contributed by atoms with Crippen molar-refractivity contribution in [2.75, 3.05) is 26.6 Å². The minimum Gasteiger partial charge on any atom is -0.497 e. The van der Waals surface area contributed by atoms with Gasteiger partial charge in [0.15, 0.2) is 11.5 Å². The third-order valence-corrected chi connectivity index (χ3v) is 4.10. The second-order valence-corrected chi connectivity index (χ2v) is 5.82. The molecule has 1 unspecified atom stereocenters. The highest BCUT2D eigenvalue weighted by molar-refractivity contribution is 6.05. The Kier molecular flexibility index (Phi) is 4.70. The number of carbonyl (C=O) groups is 1. The summed E-state index contributed by atoms with van der Waals surface area (Å²) in [6, 6.07) is 8.74. The zero-order chi connectivity index (χ0) is 18.0. The Morgan fingerprint density at radius 2 is 1.84 bits per heavy atom. The van der Waals surface area contributed by atoms with Crippen LogP contribution in [0.15, 0.2) is 30.3 Å². The van der Waals surface area contributed by atoms with E-state index < -0.39 is 0 Å². The maximum atomic E-state index is 12.7. The second kappa shape index (κ2) is 6.93. The molecule has 1 aliphatic heterocycles. The van der Waals surface area contributed by atoms with Crippen LogP contribution in [0.3, 0.4) is 0 Å². The third kappa shape index (κ3) is 3.33. The first-order chi connectivity index (χ1) is 12.0. The molecule has 0 bridgehead atoms. The fourth-order valence-electron chi connectivity index (χ4n) is 2.88. The van der Waals surface area contributed by atoms with E-state index in [0.717, 1.165) is 12.0 Å². The highest BCUT2D eigenvalue weighted by Gasteiger charge is 2.25. The van der Waals surface area contributed by atoms with Crippen LogP contribution < -0.4 is 24.3 Å². The molecule has 0 spiro atoms. The van der Waals surface area contributed by atoms with Gasteiger partial charge < -0.3 is 24.3 Å². The molecule has 25 heavy (non-hydrogen) atoms. The van der Waals surface area contributed by atoms with Gasteiger partial charge in [-0.1, -0.05) is 0 Å². The van der Waals surface area contributed by atoms with Crippen LogP contribution in [0.25, 0.3) is 0 Å². The molecule has 3 rings (SSSR count). The number of carbonyl (C=O) groups excluding carboxylic acids is 1. The summed E-state index contributed by atoms with van der Waals surface area (Å²) >= 11 is 0. The van der Waals surface area contributed by atoms with Gasteiger partial charge in [-0.15, -0.1) is 0 Å². The van der Waals surface area contributed by atoms with E-state index >= 15 is 0 Å². The number of hydrogen-bond acceptors (Lipinski definition) is 5. The largest absolute Gasteiger partial charge is 0.497 e. The van der Waals surface area contributed by atoms with Gasteiger partial charge in [0.2, 0.25) is 0 Å². The van der Waals surface area contributed by atoms with E-state index in [1.165, 1.54) is 0 Å². The molecule has 0 saturated heterocycles. The quantitative estimate of drug-likeness (QED) is 0.902. The van der Waals surface area contributed by atoms with Gasteiger partial charge in [0, 0.05) is 23.6 Å². The van der Waals surface area contributed by atoms with Gasteiger partial charge in [0.05, 0.1) is 27.0 Å². The van der Waals surface area contributed by atoms with Crippen LogP contribution >= 0.6 is 0 Å². The van der Waals surface area contributed by atoms with E-state index in [9.17, 15) is 4.79 Å². The monoisotopic (exact) mass is 343 g/mol. The van der Waals surface area contributed by atoms with Gasteiger partial charge in [0.25, 0.3) is 5.91 Å². The van der Waals surface area contributed by atoms with Gasteiger partial charge in [-0.2, -0.15) is 0 Å². The molecule has 0 fully saturated rings. The molecule has 0 aromatic heterocycles. The molecule has 0 saturated carbocycles. The Bertz CT molecular complexity index is 803. The highest BCUT2D eigenvalue weighted by atomic mass is 16.5. The average Bonchev–Trinajstić information content (AvgIpc) is 3.01. The van der Waals surface area contributed by atoms with Crippen LogP contribution in [-0.2, 0) is 6.42 Å². The molecule has 1 atom stereocenters. The first-order valence-electron chi connectivity index (χ1n) is 7.96. The number of nitrogens with one attached hydrogen (secondary N) is 1. The number of ether oxygens (including phenoxy) is 4. The van der Waals surface area contributed by atoms with Crippen molar-refractivity contribution in [2.45, 2.75) is 19.4 Å². The maximum absolute atomic E-state index is 12.7. The Morgan fingerprint density at radius 1 is 1.08 bits per heavy atom. The van der Waals surface area contributed by atoms with Gasteiger partial charge in [-0.3, -0.25) is 4.79 Å². The SMILES string of the molecule is COc1ccc(NC(=O)c2cc3c(c(OC)c2)OC(C)C3)c(OC)c1. The lowest BCUT2D eigenvalue weighted by molar-refractivity contribution is 0.102. The smallest absolute Gasteiger partial charge is 0.255 e. The van der Waals surface area contributed by atoms with E-state index in [4.69, 9.17) is 18.9 Å². The van der Waals surface area contributed by atoms with Crippen LogP contribution in [-0.4, -0.2) is 33.3 Å². The summed E-state index contributed by atoms with van der Waals surface area (Å²) in [6.45, 7) is 1.99. The van der Waals surface area contributed by atoms with Crippen LogP contribution in [0.5, 0.6) is 23.0 Å². The zero-order valence-electron chi connectivity index (χ0n) is 14.7. The summed E-state index contributed by atoms with van der Waals surface area (Å²) in [7, 11) is 4.69. The maximum Gasteiger partial charge on any atom is 0.255 e. The summed E-state index contributed by atoms with van der Waals surface area (Å²) < 4.78 is 21.6. The molecule has 1 N–H and O–H groups in total. The molecular formula is C19H21NO5. The van der Waals surface area contributed by atoms with E-state index in [0.29, 0.717) is 34.2 Å². The molecule has 1 aliphatic rings. The van der Waals surface area contributed by atoms with Crippen LogP contribution in [0.1, 0.15) is 22.8 Å². The van der Waals surface area contributed by atoms with E-state index in [1.807, 2.05) is 13.0 Å². The van der Waals surface area contributed by atoms with Gasteiger partial charge in [0.1, 0.15) is 17.6 Å². The molecule has 1 amide bonds. The Balaban J connectivity index is 1.89. The number of methoxy groups -OCH3 is 3. The molecule has 132 valence electrons. The topological polar surface area (TPSA) is 66.0 Å². The molecule has 6 heteroatoms. The van der Waals surface area contributed by atoms with Crippen molar-refractivity contribution in [1.29, 1.82) is 0 Å². The number of hydrogen-bond donors (Lipinski definition) is 1. The third-order valence-electron chi connectivity index (χ3n) is 4.10. The number of amides is 1. The molecule has 1 heterocycles. The van der Waals surface area contributed by atoms with Crippen molar-refractivity contribution in [3.05, 3.63) is 41.5 Å². The number of anilines is 1. The van der Waals surface area contributed by atoms with Gasteiger partial charge >= 0.3 is 0 Å². The van der Waals surface area contributed by atoms with Crippen molar-refractivity contribution in [3.63, 3.8) is 0 Å². The zero-order valence-corrected chi connectivity index (χ0v) is 14.7. The molecule has 0 aliphatic carbocycles. The van der Waals surface area contributed by atoms with Crippen molar-refractivity contribution in [2.24, 2.45) is 0 Å². The number of rotatable bonds is 5. The Hall–Kier alpha value is -2.89. The normalized spacial score (nSPS) is 15.1. The highest BCUT2D eigenvalue weighted by Crippen LogP contribution is 2.39. The van der Waals surface area contributed by atoms with Crippen molar-refractivity contribution >= 4 is 11.6 Å². The molecule has 6 nitrogen and oxygen atoms in total. The minimum absolute atomic E-state index is 0.0730. The van der Waals surface area contributed by atoms with Crippen molar-refractivity contribution in [1.82, 2.24) is 0 Å². The van der Waals surface area contributed by atoms with Crippen molar-refractivity contribution in [3.8, 4) is 23.0 Å². The van der Waals surface area contributed by atoms with Gasteiger partial charge in [-0.05, 0) is 31.2 Å². The minimum atomic E-state index is -0.246. The van der Waals surface area contributed by atoms with E-state index in [-0.39, 0.29) is 12.0 Å². The lowest BCUT2D eigenvalue weighted by Gasteiger charge is -2.13. The first-order valence-corrected chi connectivity index (χ1v) is 7.96. The Labute approximate surface area is 146 Å². The summed E-state index contributed by atoms with van der Waals surface area (Å²) in [5, 5.41) is 2.87. The van der Waals surface area contributed by atoms with E-state index in [2.05, 4.69) is 5.32 Å². The lowest BCUT2D eigenvalue weighted by atomic mass is 10.1. The first kappa shape index (κ1) is 17.0. The second-order valence-electron chi connectivity index (χ2n) is 5.82. The van der Waals surface area contributed by atoms with Crippen molar-refractivity contribution < 1.29 is 23.7 Å². The van der Waals surface area contributed by atoms with Crippen LogP contribution in [0, 0.1) is 0 Å². The molecule has 2 aromatic rings. The average molecular weight is 343 g/mol. The summed E-state index contributed by atoms with van der Waals surface area (Å²) in [4.78, 5) is 12.7. The Morgan fingerprint density at radius 3 is 2.52 bits per heavy atom. The van der Waals surface area contributed by atoms with E-state index in [1.54, 1.807) is 45.6 Å². The predicted molar refractivity (Wildman–Crippen MR) is 94.3 cm³/mol. The molecule has 2 aromatic carbocycles. The lowest BCUT2D eigenvalue weighted by Crippen LogP contribution is -2.13.